The number of nitrogen functional groups attached to an aromatic ring is 1. The van der Waals surface area contributed by atoms with Gasteiger partial charge in [0.05, 0.1) is 22.1 Å². The Kier molecular flexibility index (Phi) is 6.26. The van der Waals surface area contributed by atoms with Crippen molar-refractivity contribution in [3.63, 3.8) is 0 Å². The van der Waals surface area contributed by atoms with Gasteiger partial charge in [-0.15, -0.1) is 0 Å². The fourth-order valence-electron chi connectivity index (χ4n) is 2.35. The lowest BCUT2D eigenvalue weighted by atomic mass is 10.1. The van der Waals surface area contributed by atoms with Gasteiger partial charge in [0.15, 0.2) is 0 Å². The first-order valence-corrected chi connectivity index (χ1v) is 8.69. The van der Waals surface area contributed by atoms with E-state index in [9.17, 15) is 4.39 Å². The molecule has 2 aromatic heterocycles. The molecule has 0 unspecified atom stereocenters. The Morgan fingerprint density at radius 1 is 1.27 bits per heavy atom. The van der Waals surface area contributed by atoms with Crippen LogP contribution in [-0.2, 0) is 7.05 Å². The Balaban J connectivity index is 2.67. The second kappa shape index (κ2) is 8.23. The van der Waals surface area contributed by atoms with Gasteiger partial charge < -0.3 is 5.73 Å². The maximum absolute atomic E-state index is 12.8. The smallest absolute Gasteiger partial charge is 0.135 e. The summed E-state index contributed by atoms with van der Waals surface area (Å²) < 4.78 is 15.1. The fraction of sp³-hybridized carbons (Fsp3) is 0.211. The highest BCUT2D eigenvalue weighted by molar-refractivity contribution is 9.10. The Bertz CT molecular complexity index is 945. The average molecular weight is 418 g/mol. The highest BCUT2D eigenvalue weighted by Crippen LogP contribution is 2.24. The maximum atomic E-state index is 12.8. The molecule has 0 radical (unpaired) electrons. The molecule has 0 saturated carbocycles. The molecule has 0 bridgehead atoms. The molecule has 0 aliphatic rings. The molecular weight excluding hydrogens is 397 g/mol. The third-order valence-corrected chi connectivity index (χ3v) is 4.81. The van der Waals surface area contributed by atoms with Gasteiger partial charge in [-0.25, -0.2) is 4.39 Å². The van der Waals surface area contributed by atoms with Crippen molar-refractivity contribution in [3.05, 3.63) is 64.1 Å². The molecule has 0 fully saturated rings. The first-order valence-electron chi connectivity index (χ1n) is 7.89. The number of aromatic nitrogens is 4. The molecule has 2 rings (SSSR count). The number of hydrogen-bond acceptors (Lipinski definition) is 4. The number of anilines is 1. The van der Waals surface area contributed by atoms with Gasteiger partial charge in [0.25, 0.3) is 0 Å². The van der Waals surface area contributed by atoms with Crippen molar-refractivity contribution < 1.29 is 4.39 Å². The molecule has 26 heavy (non-hydrogen) atoms. The molecule has 2 heterocycles. The lowest BCUT2D eigenvalue weighted by molar-refractivity contribution is 0.672. The molecule has 0 saturated heterocycles. The third kappa shape index (κ3) is 4.54. The number of nitrogens with zero attached hydrogens (tertiary/aromatic N) is 4. The van der Waals surface area contributed by atoms with E-state index in [2.05, 4.69) is 37.6 Å². The topological polar surface area (TPSA) is 69.6 Å². The highest BCUT2D eigenvalue weighted by atomic mass is 79.9. The van der Waals surface area contributed by atoms with Crippen LogP contribution < -0.4 is 5.73 Å². The van der Waals surface area contributed by atoms with E-state index in [1.165, 1.54) is 6.08 Å². The minimum absolute atomic E-state index is 0.470. The van der Waals surface area contributed by atoms with Crippen LogP contribution in [-0.4, -0.2) is 19.7 Å². The first kappa shape index (κ1) is 19.8. The molecule has 0 aliphatic carbocycles. The Morgan fingerprint density at radius 3 is 2.58 bits per heavy atom. The fourth-order valence-corrected chi connectivity index (χ4v) is 2.69. The van der Waals surface area contributed by atoms with Gasteiger partial charge >= 0.3 is 0 Å². The largest absolute Gasteiger partial charge is 0.383 e. The SMILES string of the molecule is C=C(F)/C=C\c1ncc(-c2cnn(C)c(N)c(Br)c(C)nc2C)cc1C. The molecule has 5 nitrogen and oxygen atoms in total. The van der Waals surface area contributed by atoms with Crippen LogP contribution in [0.2, 0.25) is 0 Å². The van der Waals surface area contributed by atoms with Crippen molar-refractivity contribution in [1.29, 1.82) is 0 Å². The number of halogens is 2. The van der Waals surface area contributed by atoms with Crippen molar-refractivity contribution in [2.75, 3.05) is 5.73 Å². The van der Waals surface area contributed by atoms with Crippen molar-refractivity contribution in [3.8, 4) is 11.1 Å². The monoisotopic (exact) mass is 417 g/mol. The minimum Gasteiger partial charge on any atom is -0.383 e. The second-order valence-electron chi connectivity index (χ2n) is 5.87. The van der Waals surface area contributed by atoms with E-state index in [1.54, 1.807) is 30.2 Å². The summed E-state index contributed by atoms with van der Waals surface area (Å²) >= 11 is 3.46. The van der Waals surface area contributed by atoms with Gasteiger partial charge in [0.2, 0.25) is 0 Å². The van der Waals surface area contributed by atoms with Gasteiger partial charge in [-0.2, -0.15) is 5.10 Å². The van der Waals surface area contributed by atoms with E-state index < -0.39 is 5.83 Å². The van der Waals surface area contributed by atoms with E-state index in [0.29, 0.717) is 16.0 Å². The summed E-state index contributed by atoms with van der Waals surface area (Å²) in [6.07, 6.45) is 6.31. The number of rotatable bonds is 3. The number of pyridine rings is 1. The zero-order valence-electron chi connectivity index (χ0n) is 15.2. The van der Waals surface area contributed by atoms with Crippen LogP contribution in [0.15, 0.2) is 41.4 Å². The van der Waals surface area contributed by atoms with E-state index in [1.807, 2.05) is 26.8 Å². The third-order valence-electron chi connectivity index (χ3n) is 3.83. The van der Waals surface area contributed by atoms with Crippen LogP contribution in [0.1, 0.15) is 22.6 Å². The predicted octanol–water partition coefficient (Wildman–Crippen LogP) is 4.77. The Labute approximate surface area is 160 Å². The van der Waals surface area contributed by atoms with Crippen molar-refractivity contribution in [2.24, 2.45) is 7.05 Å². The van der Waals surface area contributed by atoms with Gasteiger partial charge in [-0.1, -0.05) is 6.58 Å². The Morgan fingerprint density at radius 2 is 1.96 bits per heavy atom. The van der Waals surface area contributed by atoms with Crippen LogP contribution >= 0.6 is 15.9 Å². The van der Waals surface area contributed by atoms with Gasteiger partial charge in [0.1, 0.15) is 11.6 Å². The van der Waals surface area contributed by atoms with Crippen LogP contribution in [0.5, 0.6) is 0 Å². The summed E-state index contributed by atoms with van der Waals surface area (Å²) in [6, 6.07) is 1.97. The first-order chi connectivity index (χ1) is 12.2. The molecule has 0 aromatic carbocycles. The molecule has 2 N–H and O–H groups in total. The number of hydrogen-bond donors (Lipinski definition) is 1. The lowest BCUT2D eigenvalue weighted by Crippen LogP contribution is -2.03. The van der Waals surface area contributed by atoms with E-state index in [0.717, 1.165) is 28.1 Å². The molecule has 0 spiro atoms. The van der Waals surface area contributed by atoms with Crippen molar-refractivity contribution in [1.82, 2.24) is 19.7 Å². The quantitative estimate of drug-likeness (QED) is 0.730. The predicted molar refractivity (Wildman–Crippen MR) is 107 cm³/mol. The normalized spacial score (nSPS) is 10.8. The summed E-state index contributed by atoms with van der Waals surface area (Å²) in [5.74, 6) is -0.0430. The van der Waals surface area contributed by atoms with E-state index >= 15 is 0 Å². The summed E-state index contributed by atoms with van der Waals surface area (Å²) in [5.41, 5.74) is 10.9. The van der Waals surface area contributed by atoms with Crippen LogP contribution in [0.4, 0.5) is 10.2 Å². The summed E-state index contributed by atoms with van der Waals surface area (Å²) in [6.45, 7) is 8.90. The van der Waals surface area contributed by atoms with Crippen LogP contribution in [0.25, 0.3) is 17.2 Å². The standard InChI is InChI=1S/C19H21BrFN5/c1-11-8-15(9-23-17(11)7-6-12(2)21)16-10-24-26(5)19(22)18(20)14(4)25-13(16)3/h6-10H,2,22H2,1,3-5H3/b7-6-,16-13?,19-18?,24-10?,25-14?. The van der Waals surface area contributed by atoms with Crippen molar-refractivity contribution >= 4 is 27.8 Å². The van der Waals surface area contributed by atoms with Gasteiger partial charge in [-0.3, -0.25) is 14.6 Å². The summed E-state index contributed by atoms with van der Waals surface area (Å²) in [7, 11) is 1.76. The van der Waals surface area contributed by atoms with E-state index in [-0.39, 0.29) is 0 Å². The Hall–Kier alpha value is -2.54. The minimum atomic E-state index is -0.513. The molecule has 0 amide bonds. The molecule has 136 valence electrons. The van der Waals surface area contributed by atoms with E-state index in [4.69, 9.17) is 5.73 Å². The zero-order valence-corrected chi connectivity index (χ0v) is 16.8. The van der Waals surface area contributed by atoms with Crippen LogP contribution in [0, 0.1) is 20.8 Å². The lowest BCUT2D eigenvalue weighted by Gasteiger charge is -2.06. The maximum Gasteiger partial charge on any atom is 0.135 e. The van der Waals surface area contributed by atoms with Crippen LogP contribution in [0.3, 0.4) is 0 Å². The molecule has 0 aliphatic heterocycles. The van der Waals surface area contributed by atoms with Gasteiger partial charge in [0, 0.05) is 30.1 Å². The molecule has 2 aromatic rings. The number of allylic oxidation sites excluding steroid dienone is 2. The summed E-state index contributed by atoms with van der Waals surface area (Å²) in [5, 5.41) is 4.39. The van der Waals surface area contributed by atoms with Gasteiger partial charge in [-0.05, 0) is 60.5 Å². The number of nitrogens with two attached hydrogens (primary N) is 1. The van der Waals surface area contributed by atoms with Crippen molar-refractivity contribution in [2.45, 2.75) is 20.8 Å². The molecule has 0 atom stereocenters. The second-order valence-corrected chi connectivity index (χ2v) is 6.66. The zero-order chi connectivity index (χ0) is 19.4. The molecular formula is C19H21BrFN5. The summed E-state index contributed by atoms with van der Waals surface area (Å²) in [4.78, 5) is 9.03. The number of aryl methyl sites for hydroxylation is 4. The molecule has 7 heteroatoms. The average Bonchev–Trinajstić information content (AvgIpc) is 2.61. The highest BCUT2D eigenvalue weighted by Gasteiger charge is 2.08.